The molecule has 2 aliphatic heterocycles. The Morgan fingerprint density at radius 1 is 1.33 bits per heavy atom. The summed E-state index contributed by atoms with van der Waals surface area (Å²) in [5.74, 6) is -0.408. The number of ether oxygens (including phenoxy) is 1. The molecular weight excluding hydrogens is 290 g/mol. The molecule has 2 aliphatic rings. The van der Waals surface area contributed by atoms with Crippen LogP contribution in [-0.2, 0) is 14.3 Å². The van der Waals surface area contributed by atoms with Gasteiger partial charge in [0.2, 0.25) is 5.91 Å². The van der Waals surface area contributed by atoms with E-state index in [4.69, 9.17) is 4.74 Å². The number of carboxylic acid groups (broad SMARTS) is 1. The number of hydrogen-bond donors (Lipinski definition) is 1. The maximum atomic E-state index is 12.5. The minimum Gasteiger partial charge on any atom is -0.480 e. The van der Waals surface area contributed by atoms with Gasteiger partial charge in [-0.15, -0.1) is 11.8 Å². The van der Waals surface area contributed by atoms with Crippen LogP contribution in [0.1, 0.15) is 51.9 Å². The first kappa shape index (κ1) is 16.6. The molecule has 0 spiro atoms. The first-order valence-electron chi connectivity index (χ1n) is 7.90. The van der Waals surface area contributed by atoms with Crippen LogP contribution < -0.4 is 0 Å². The Morgan fingerprint density at radius 3 is 2.76 bits per heavy atom. The molecule has 6 heteroatoms. The number of carbonyl (C=O) groups is 2. The van der Waals surface area contributed by atoms with E-state index >= 15 is 0 Å². The lowest BCUT2D eigenvalue weighted by Gasteiger charge is -2.28. The number of hydrogen-bond acceptors (Lipinski definition) is 4. The number of thioether (sulfide) groups is 1. The highest BCUT2D eigenvalue weighted by Gasteiger charge is 2.40. The summed E-state index contributed by atoms with van der Waals surface area (Å²) in [6.07, 6.45) is 6.38. The molecule has 0 aromatic heterocycles. The summed E-state index contributed by atoms with van der Waals surface area (Å²) < 4.78 is 5.65. The fourth-order valence-electron chi connectivity index (χ4n) is 3.01. The van der Waals surface area contributed by atoms with Gasteiger partial charge in [0.05, 0.1) is 11.5 Å². The first-order chi connectivity index (χ1) is 10.1. The van der Waals surface area contributed by atoms with Gasteiger partial charge in [0.25, 0.3) is 0 Å². The normalized spacial score (nSPS) is 29.6. The van der Waals surface area contributed by atoms with E-state index in [9.17, 15) is 14.7 Å². The lowest BCUT2D eigenvalue weighted by Crippen LogP contribution is -2.45. The first-order valence-corrected chi connectivity index (χ1v) is 8.95. The highest BCUT2D eigenvalue weighted by atomic mass is 32.2. The molecular formula is C15H25NO4S. The second-order valence-electron chi connectivity index (χ2n) is 5.76. The molecule has 2 saturated heterocycles. The summed E-state index contributed by atoms with van der Waals surface area (Å²) in [6, 6.07) is -0.661. The van der Waals surface area contributed by atoms with Crippen molar-refractivity contribution in [2.24, 2.45) is 0 Å². The molecule has 0 bridgehead atoms. The molecule has 2 fully saturated rings. The van der Waals surface area contributed by atoms with Crippen LogP contribution in [0.25, 0.3) is 0 Å². The molecule has 21 heavy (non-hydrogen) atoms. The topological polar surface area (TPSA) is 66.8 Å². The maximum absolute atomic E-state index is 12.5. The summed E-state index contributed by atoms with van der Waals surface area (Å²) in [6.45, 7) is 2.85. The van der Waals surface area contributed by atoms with Crippen molar-refractivity contribution in [3.63, 3.8) is 0 Å². The Balaban J connectivity index is 1.91. The van der Waals surface area contributed by atoms with E-state index in [0.717, 1.165) is 38.7 Å². The molecule has 2 heterocycles. The van der Waals surface area contributed by atoms with Gasteiger partial charge < -0.3 is 14.7 Å². The molecule has 1 N–H and O–H groups in total. The van der Waals surface area contributed by atoms with Gasteiger partial charge in [0, 0.05) is 18.8 Å². The summed E-state index contributed by atoms with van der Waals surface area (Å²) in [4.78, 5) is 25.4. The highest BCUT2D eigenvalue weighted by Crippen LogP contribution is 2.33. The Kier molecular flexibility index (Phi) is 6.36. The zero-order valence-corrected chi connectivity index (χ0v) is 13.4. The molecule has 1 amide bonds. The van der Waals surface area contributed by atoms with Crippen molar-refractivity contribution in [1.29, 1.82) is 0 Å². The monoisotopic (exact) mass is 315 g/mol. The second kappa shape index (κ2) is 8.03. The van der Waals surface area contributed by atoms with Crippen LogP contribution in [0.15, 0.2) is 0 Å². The minimum atomic E-state index is -0.886. The van der Waals surface area contributed by atoms with E-state index in [1.165, 1.54) is 0 Å². The number of carbonyl (C=O) groups excluding carboxylic acids is 1. The zero-order valence-electron chi connectivity index (χ0n) is 12.6. The molecule has 5 nitrogen and oxygen atoms in total. The fraction of sp³-hybridized carbons (Fsp3) is 0.867. The van der Waals surface area contributed by atoms with Crippen LogP contribution in [-0.4, -0.2) is 51.8 Å². The van der Waals surface area contributed by atoms with Crippen LogP contribution in [0.4, 0.5) is 0 Å². The van der Waals surface area contributed by atoms with Crippen molar-refractivity contribution in [3.8, 4) is 0 Å². The van der Waals surface area contributed by atoms with E-state index in [2.05, 4.69) is 6.92 Å². The zero-order chi connectivity index (χ0) is 15.2. The fourth-order valence-corrected chi connectivity index (χ4v) is 4.54. The lowest BCUT2D eigenvalue weighted by molar-refractivity contribution is -0.149. The van der Waals surface area contributed by atoms with Gasteiger partial charge >= 0.3 is 5.97 Å². The SMILES string of the molecule is CCCC1SCC(C(=O)O)N1C(=O)CCC1CCCCO1. The molecule has 2 rings (SSSR count). The molecule has 0 aromatic rings. The summed E-state index contributed by atoms with van der Waals surface area (Å²) >= 11 is 1.59. The van der Waals surface area contributed by atoms with E-state index in [1.807, 2.05) is 0 Å². The Bertz CT molecular complexity index is 371. The van der Waals surface area contributed by atoms with Crippen LogP contribution in [0.2, 0.25) is 0 Å². The van der Waals surface area contributed by atoms with E-state index in [0.29, 0.717) is 18.6 Å². The maximum Gasteiger partial charge on any atom is 0.327 e. The quantitative estimate of drug-likeness (QED) is 0.815. The van der Waals surface area contributed by atoms with Crippen molar-refractivity contribution in [3.05, 3.63) is 0 Å². The number of aliphatic carboxylic acids is 1. The third-order valence-corrected chi connectivity index (χ3v) is 5.51. The van der Waals surface area contributed by atoms with Gasteiger partial charge in [-0.1, -0.05) is 13.3 Å². The smallest absolute Gasteiger partial charge is 0.327 e. The van der Waals surface area contributed by atoms with Crippen molar-refractivity contribution in [2.75, 3.05) is 12.4 Å². The predicted octanol–water partition coefficient (Wildman–Crippen LogP) is 2.49. The van der Waals surface area contributed by atoms with Gasteiger partial charge in [-0.05, 0) is 32.1 Å². The average molecular weight is 315 g/mol. The molecule has 0 aromatic carbocycles. The largest absolute Gasteiger partial charge is 0.480 e. The molecule has 3 unspecified atom stereocenters. The molecule has 0 saturated carbocycles. The van der Waals surface area contributed by atoms with E-state index in [1.54, 1.807) is 16.7 Å². The summed E-state index contributed by atoms with van der Waals surface area (Å²) in [5, 5.41) is 9.33. The Hall–Kier alpha value is -0.750. The van der Waals surface area contributed by atoms with Gasteiger partial charge in [0.1, 0.15) is 6.04 Å². The molecule has 3 atom stereocenters. The van der Waals surface area contributed by atoms with Crippen LogP contribution in [0.3, 0.4) is 0 Å². The predicted molar refractivity (Wildman–Crippen MR) is 82.2 cm³/mol. The molecule has 0 radical (unpaired) electrons. The van der Waals surface area contributed by atoms with Crippen molar-refractivity contribution < 1.29 is 19.4 Å². The molecule has 120 valence electrons. The van der Waals surface area contributed by atoms with Crippen molar-refractivity contribution in [1.82, 2.24) is 4.90 Å². The highest BCUT2D eigenvalue weighted by molar-refractivity contribution is 8.00. The number of rotatable bonds is 6. The van der Waals surface area contributed by atoms with Crippen molar-refractivity contribution in [2.45, 2.75) is 69.4 Å². The Morgan fingerprint density at radius 2 is 2.14 bits per heavy atom. The number of nitrogens with zero attached hydrogens (tertiary/aromatic N) is 1. The van der Waals surface area contributed by atoms with Crippen LogP contribution in [0, 0.1) is 0 Å². The van der Waals surface area contributed by atoms with Crippen LogP contribution in [0.5, 0.6) is 0 Å². The third-order valence-electron chi connectivity index (χ3n) is 4.16. The van der Waals surface area contributed by atoms with Gasteiger partial charge in [0.15, 0.2) is 0 Å². The van der Waals surface area contributed by atoms with E-state index in [-0.39, 0.29) is 17.4 Å². The van der Waals surface area contributed by atoms with Gasteiger partial charge in [-0.3, -0.25) is 4.79 Å². The van der Waals surface area contributed by atoms with Crippen LogP contribution >= 0.6 is 11.8 Å². The second-order valence-corrected chi connectivity index (χ2v) is 6.97. The Labute approximate surface area is 130 Å². The summed E-state index contributed by atoms with van der Waals surface area (Å²) in [7, 11) is 0. The lowest BCUT2D eigenvalue weighted by atomic mass is 10.0. The minimum absolute atomic E-state index is 0.0240. The van der Waals surface area contributed by atoms with E-state index < -0.39 is 12.0 Å². The third kappa shape index (κ3) is 4.36. The van der Waals surface area contributed by atoms with Gasteiger partial charge in [-0.2, -0.15) is 0 Å². The number of amides is 1. The summed E-state index contributed by atoms with van der Waals surface area (Å²) in [5.41, 5.74) is 0. The average Bonchev–Trinajstić information content (AvgIpc) is 2.90. The molecule has 0 aliphatic carbocycles. The number of carboxylic acids is 1. The standard InChI is InChI=1S/C15H25NO4S/c1-2-5-14-16(12(10-21-14)15(18)19)13(17)8-7-11-6-3-4-9-20-11/h11-12,14H,2-10H2,1H3,(H,18,19). The van der Waals surface area contributed by atoms with Gasteiger partial charge in [-0.25, -0.2) is 4.79 Å². The van der Waals surface area contributed by atoms with Crippen molar-refractivity contribution >= 4 is 23.6 Å².